The molecule has 3 aliphatic rings. The molecule has 0 atom stereocenters. The molecule has 2 aliphatic heterocycles. The van der Waals surface area contributed by atoms with E-state index in [0.717, 1.165) is 35.2 Å². The van der Waals surface area contributed by atoms with Gasteiger partial charge in [-0.15, -0.1) is 0 Å². The maximum atomic E-state index is 6.34. The SMILES string of the molecule is Nc1c(Cl)cc(-c2ncc(C3CCN(C4CCC4)CC3)[nH]2)c2c1CCO2. The van der Waals surface area contributed by atoms with Gasteiger partial charge in [-0.25, -0.2) is 4.98 Å². The summed E-state index contributed by atoms with van der Waals surface area (Å²) in [6.07, 6.45) is 9.39. The molecule has 5 rings (SSSR count). The van der Waals surface area contributed by atoms with Crippen molar-refractivity contribution in [3.63, 3.8) is 0 Å². The highest BCUT2D eigenvalue weighted by Crippen LogP contribution is 2.43. The van der Waals surface area contributed by atoms with E-state index in [4.69, 9.17) is 22.1 Å². The van der Waals surface area contributed by atoms with Gasteiger partial charge in [-0.05, 0) is 44.8 Å². The summed E-state index contributed by atoms with van der Waals surface area (Å²) in [4.78, 5) is 10.9. The molecule has 0 radical (unpaired) electrons. The Balaban J connectivity index is 1.36. The number of anilines is 1. The number of aromatic amines is 1. The van der Waals surface area contributed by atoms with Crippen molar-refractivity contribution in [2.45, 2.75) is 50.5 Å². The summed E-state index contributed by atoms with van der Waals surface area (Å²) in [5.74, 6) is 2.24. The Morgan fingerprint density at radius 3 is 2.77 bits per heavy atom. The lowest BCUT2D eigenvalue weighted by molar-refractivity contribution is 0.0970. The van der Waals surface area contributed by atoms with Crippen molar-refractivity contribution in [3.8, 4) is 17.1 Å². The molecule has 0 amide bonds. The molecule has 1 aliphatic carbocycles. The largest absolute Gasteiger partial charge is 0.492 e. The van der Waals surface area contributed by atoms with Crippen LogP contribution in [0.2, 0.25) is 5.02 Å². The van der Waals surface area contributed by atoms with E-state index >= 15 is 0 Å². The van der Waals surface area contributed by atoms with Crippen LogP contribution in [0.3, 0.4) is 0 Å². The molecule has 3 heterocycles. The number of nitrogens with two attached hydrogens (primary N) is 1. The lowest BCUT2D eigenvalue weighted by Crippen LogP contribution is -2.44. The molecule has 1 saturated heterocycles. The fourth-order valence-corrected chi connectivity index (χ4v) is 4.77. The van der Waals surface area contributed by atoms with Crippen molar-refractivity contribution in [1.29, 1.82) is 0 Å². The minimum Gasteiger partial charge on any atom is -0.492 e. The van der Waals surface area contributed by atoms with Crippen LogP contribution >= 0.6 is 11.6 Å². The van der Waals surface area contributed by atoms with Gasteiger partial charge in [-0.1, -0.05) is 18.0 Å². The van der Waals surface area contributed by atoms with E-state index in [1.54, 1.807) is 0 Å². The second kappa shape index (κ2) is 6.46. The number of imidazole rings is 1. The molecule has 26 heavy (non-hydrogen) atoms. The highest BCUT2D eigenvalue weighted by Gasteiger charge is 2.30. The third kappa shape index (κ3) is 2.69. The second-order valence-electron chi connectivity index (χ2n) is 7.81. The Hall–Kier alpha value is -1.72. The van der Waals surface area contributed by atoms with Gasteiger partial charge in [-0.2, -0.15) is 0 Å². The van der Waals surface area contributed by atoms with Crippen LogP contribution in [0, 0.1) is 0 Å². The zero-order valence-corrected chi connectivity index (χ0v) is 15.7. The molecule has 138 valence electrons. The zero-order chi connectivity index (χ0) is 17.7. The number of likely N-dealkylation sites (tertiary alicyclic amines) is 1. The van der Waals surface area contributed by atoms with Gasteiger partial charge >= 0.3 is 0 Å². The van der Waals surface area contributed by atoms with E-state index in [1.807, 2.05) is 12.3 Å². The van der Waals surface area contributed by atoms with Gasteiger partial charge in [-0.3, -0.25) is 0 Å². The standard InChI is InChI=1S/C20H25ClN4O/c21-16-10-15(19-14(18(16)22)6-9-26-19)20-23-11-17(24-20)12-4-7-25(8-5-12)13-2-1-3-13/h10-13H,1-9,22H2,(H,23,24). The number of ether oxygens (including phenoxy) is 1. The number of benzene rings is 1. The number of rotatable bonds is 3. The number of nitrogens with zero attached hydrogens (tertiary/aromatic N) is 2. The predicted octanol–water partition coefficient (Wildman–Crippen LogP) is 3.98. The molecule has 1 aromatic heterocycles. The quantitative estimate of drug-likeness (QED) is 0.800. The number of nitrogens with one attached hydrogen (secondary N) is 1. The highest BCUT2D eigenvalue weighted by atomic mass is 35.5. The Morgan fingerprint density at radius 1 is 1.23 bits per heavy atom. The fourth-order valence-electron chi connectivity index (χ4n) is 4.55. The van der Waals surface area contributed by atoms with Crippen molar-refractivity contribution in [2.24, 2.45) is 0 Å². The van der Waals surface area contributed by atoms with E-state index in [0.29, 0.717) is 23.2 Å². The Morgan fingerprint density at radius 2 is 2.04 bits per heavy atom. The van der Waals surface area contributed by atoms with E-state index in [1.165, 1.54) is 50.9 Å². The Kier molecular flexibility index (Phi) is 4.09. The number of nitrogen functional groups attached to an aromatic ring is 1. The van der Waals surface area contributed by atoms with Gasteiger partial charge in [0.1, 0.15) is 11.6 Å². The Bertz CT molecular complexity index is 821. The van der Waals surface area contributed by atoms with Crippen LogP contribution in [0.4, 0.5) is 5.69 Å². The molecule has 2 aromatic rings. The van der Waals surface area contributed by atoms with E-state index < -0.39 is 0 Å². The van der Waals surface area contributed by atoms with Crippen LogP contribution < -0.4 is 10.5 Å². The van der Waals surface area contributed by atoms with Crippen LogP contribution in [0.1, 0.15) is 49.3 Å². The first-order valence-corrected chi connectivity index (χ1v) is 10.1. The van der Waals surface area contributed by atoms with Gasteiger partial charge < -0.3 is 20.4 Å². The maximum Gasteiger partial charge on any atom is 0.141 e. The maximum absolute atomic E-state index is 6.34. The van der Waals surface area contributed by atoms with E-state index in [-0.39, 0.29) is 0 Å². The van der Waals surface area contributed by atoms with E-state index in [2.05, 4.69) is 14.9 Å². The number of fused-ring (bicyclic) bond motifs is 1. The highest BCUT2D eigenvalue weighted by molar-refractivity contribution is 6.33. The molecule has 3 N–H and O–H groups in total. The topological polar surface area (TPSA) is 67.2 Å². The molecule has 5 nitrogen and oxygen atoms in total. The molecule has 0 unspecified atom stereocenters. The Labute approximate surface area is 158 Å². The summed E-state index contributed by atoms with van der Waals surface area (Å²) in [6, 6.07) is 2.73. The van der Waals surface area contributed by atoms with Crippen molar-refractivity contribution >= 4 is 17.3 Å². The summed E-state index contributed by atoms with van der Waals surface area (Å²) in [5, 5.41) is 0.580. The summed E-state index contributed by atoms with van der Waals surface area (Å²) in [7, 11) is 0. The van der Waals surface area contributed by atoms with Crippen molar-refractivity contribution in [2.75, 3.05) is 25.4 Å². The molecular weight excluding hydrogens is 348 g/mol. The number of piperidine rings is 1. The third-order valence-corrected chi connectivity index (χ3v) is 6.69. The van der Waals surface area contributed by atoms with Crippen molar-refractivity contribution < 1.29 is 4.74 Å². The van der Waals surface area contributed by atoms with Crippen LogP contribution in [0.5, 0.6) is 5.75 Å². The normalized spacial score (nSPS) is 21.4. The first-order valence-electron chi connectivity index (χ1n) is 9.73. The number of H-pyrrole nitrogens is 1. The first kappa shape index (κ1) is 16.5. The van der Waals surface area contributed by atoms with Gasteiger partial charge in [0.25, 0.3) is 0 Å². The number of aromatic nitrogens is 2. The molecule has 6 heteroatoms. The summed E-state index contributed by atoms with van der Waals surface area (Å²) < 4.78 is 5.83. The zero-order valence-electron chi connectivity index (χ0n) is 14.9. The lowest BCUT2D eigenvalue weighted by atomic mass is 9.87. The molecular formula is C20H25ClN4O. The molecule has 1 saturated carbocycles. The smallest absolute Gasteiger partial charge is 0.141 e. The minimum absolute atomic E-state index is 0.561. The van der Waals surface area contributed by atoms with E-state index in [9.17, 15) is 0 Å². The van der Waals surface area contributed by atoms with Crippen molar-refractivity contribution in [1.82, 2.24) is 14.9 Å². The summed E-state index contributed by atoms with van der Waals surface area (Å²) in [5.41, 5.74) is 9.92. The number of hydrogen-bond donors (Lipinski definition) is 2. The average molecular weight is 373 g/mol. The monoisotopic (exact) mass is 372 g/mol. The summed E-state index contributed by atoms with van der Waals surface area (Å²) in [6.45, 7) is 3.06. The van der Waals surface area contributed by atoms with Crippen LogP contribution in [-0.2, 0) is 6.42 Å². The molecule has 2 fully saturated rings. The summed E-state index contributed by atoms with van der Waals surface area (Å²) >= 11 is 6.34. The van der Waals surface area contributed by atoms with Gasteiger partial charge in [0.2, 0.25) is 0 Å². The van der Waals surface area contributed by atoms with Gasteiger partial charge in [0, 0.05) is 35.8 Å². The van der Waals surface area contributed by atoms with Gasteiger partial charge in [0.05, 0.1) is 22.9 Å². The lowest BCUT2D eigenvalue weighted by Gasteiger charge is -2.41. The predicted molar refractivity (Wildman–Crippen MR) is 104 cm³/mol. The van der Waals surface area contributed by atoms with Crippen LogP contribution in [-0.4, -0.2) is 40.6 Å². The molecule has 0 spiro atoms. The number of halogens is 1. The molecule has 1 aromatic carbocycles. The first-order chi connectivity index (χ1) is 12.7. The van der Waals surface area contributed by atoms with Crippen molar-refractivity contribution in [3.05, 3.63) is 28.5 Å². The van der Waals surface area contributed by atoms with Crippen LogP contribution in [0.25, 0.3) is 11.4 Å². The third-order valence-electron chi connectivity index (χ3n) is 6.38. The second-order valence-corrected chi connectivity index (χ2v) is 8.22. The fraction of sp³-hybridized carbons (Fsp3) is 0.550. The minimum atomic E-state index is 0.561. The van der Waals surface area contributed by atoms with Crippen LogP contribution in [0.15, 0.2) is 12.3 Å². The van der Waals surface area contributed by atoms with Gasteiger partial charge in [0.15, 0.2) is 0 Å². The average Bonchev–Trinajstić information content (AvgIpc) is 3.27. The number of hydrogen-bond acceptors (Lipinski definition) is 4. The molecule has 0 bridgehead atoms.